The molecule has 4 aromatic rings. The second kappa shape index (κ2) is 8.70. The van der Waals surface area contributed by atoms with Crippen LogP contribution in [0.4, 0.5) is 0 Å². The molecule has 31 heavy (non-hydrogen) atoms. The third kappa shape index (κ3) is 4.49. The molecule has 2 aromatic carbocycles. The molecule has 0 fully saturated rings. The van der Waals surface area contributed by atoms with E-state index in [1.807, 2.05) is 48.5 Å². The highest BCUT2D eigenvalue weighted by molar-refractivity contribution is 5.56. The first kappa shape index (κ1) is 19.5. The highest BCUT2D eigenvalue weighted by atomic mass is 16.5. The number of ether oxygens (including phenoxy) is 1. The van der Waals surface area contributed by atoms with E-state index in [4.69, 9.17) is 15.0 Å². The molecule has 6 heteroatoms. The number of hydrogen-bond donors (Lipinski definition) is 1. The Morgan fingerprint density at radius 1 is 1.06 bits per heavy atom. The highest BCUT2D eigenvalue weighted by Crippen LogP contribution is 2.31. The van der Waals surface area contributed by atoms with E-state index in [1.54, 1.807) is 6.20 Å². The van der Waals surface area contributed by atoms with Crippen molar-refractivity contribution < 1.29 is 9.26 Å². The number of rotatable bonds is 6. The fourth-order valence-electron chi connectivity index (χ4n) is 3.95. The van der Waals surface area contributed by atoms with Gasteiger partial charge in [0.25, 0.3) is 5.89 Å². The summed E-state index contributed by atoms with van der Waals surface area (Å²) < 4.78 is 11.3. The van der Waals surface area contributed by atoms with Crippen molar-refractivity contribution in [3.63, 3.8) is 0 Å². The number of pyridine rings is 1. The Morgan fingerprint density at radius 2 is 1.97 bits per heavy atom. The van der Waals surface area contributed by atoms with Crippen LogP contribution in [0.25, 0.3) is 11.5 Å². The Hall–Kier alpha value is -3.51. The number of aryl methyl sites for hydroxylation is 1. The SMILES string of the molecule is NC1CCCc2cc(-c3nc(Cc4ccc(OCc5ccccn5)cc4)no3)ccc21. The van der Waals surface area contributed by atoms with E-state index in [2.05, 4.69) is 27.3 Å². The molecular formula is C25H24N4O2. The average Bonchev–Trinajstić information content (AvgIpc) is 3.28. The molecule has 0 saturated carbocycles. The van der Waals surface area contributed by atoms with Crippen LogP contribution in [-0.2, 0) is 19.4 Å². The van der Waals surface area contributed by atoms with Crippen LogP contribution in [0.15, 0.2) is 71.4 Å². The summed E-state index contributed by atoms with van der Waals surface area (Å²) in [5.41, 5.74) is 11.7. The number of fused-ring (bicyclic) bond motifs is 1. The van der Waals surface area contributed by atoms with Crippen molar-refractivity contribution in [2.24, 2.45) is 5.73 Å². The van der Waals surface area contributed by atoms with Crippen LogP contribution < -0.4 is 10.5 Å². The van der Waals surface area contributed by atoms with Gasteiger partial charge in [-0.1, -0.05) is 29.4 Å². The summed E-state index contributed by atoms with van der Waals surface area (Å²) in [6.07, 6.45) is 5.57. The molecule has 2 aromatic heterocycles. The Labute approximate surface area is 181 Å². The molecule has 0 bridgehead atoms. The highest BCUT2D eigenvalue weighted by Gasteiger charge is 2.18. The zero-order valence-electron chi connectivity index (χ0n) is 17.2. The van der Waals surface area contributed by atoms with Crippen LogP contribution in [0.1, 0.15) is 47.1 Å². The minimum absolute atomic E-state index is 0.131. The maximum Gasteiger partial charge on any atom is 0.257 e. The third-order valence-electron chi connectivity index (χ3n) is 5.62. The summed E-state index contributed by atoms with van der Waals surface area (Å²) in [5, 5.41) is 4.16. The molecule has 0 saturated heterocycles. The van der Waals surface area contributed by atoms with Gasteiger partial charge in [-0.25, -0.2) is 0 Å². The van der Waals surface area contributed by atoms with E-state index in [-0.39, 0.29) is 6.04 Å². The Morgan fingerprint density at radius 3 is 2.81 bits per heavy atom. The third-order valence-corrected chi connectivity index (χ3v) is 5.62. The second-order valence-corrected chi connectivity index (χ2v) is 7.86. The van der Waals surface area contributed by atoms with Crippen LogP contribution in [0, 0.1) is 0 Å². The monoisotopic (exact) mass is 412 g/mol. The van der Waals surface area contributed by atoms with Gasteiger partial charge >= 0.3 is 0 Å². The molecular weight excluding hydrogens is 388 g/mol. The predicted molar refractivity (Wildman–Crippen MR) is 117 cm³/mol. The number of hydrogen-bond acceptors (Lipinski definition) is 6. The van der Waals surface area contributed by atoms with E-state index >= 15 is 0 Å². The molecule has 1 aliphatic rings. The first-order valence-electron chi connectivity index (χ1n) is 10.6. The molecule has 1 unspecified atom stereocenters. The molecule has 0 spiro atoms. The summed E-state index contributed by atoms with van der Waals surface area (Å²) in [6.45, 7) is 0.445. The van der Waals surface area contributed by atoms with Crippen LogP contribution in [0.2, 0.25) is 0 Å². The van der Waals surface area contributed by atoms with Gasteiger partial charge in [0, 0.05) is 24.2 Å². The predicted octanol–water partition coefficient (Wildman–Crippen LogP) is 4.64. The summed E-state index contributed by atoms with van der Waals surface area (Å²) in [6, 6.07) is 20.1. The summed E-state index contributed by atoms with van der Waals surface area (Å²) in [4.78, 5) is 8.86. The van der Waals surface area contributed by atoms with Gasteiger partial charge in [-0.05, 0) is 72.4 Å². The zero-order valence-corrected chi connectivity index (χ0v) is 17.2. The lowest BCUT2D eigenvalue weighted by atomic mass is 9.87. The molecule has 6 nitrogen and oxygen atoms in total. The largest absolute Gasteiger partial charge is 0.487 e. The first-order chi connectivity index (χ1) is 15.2. The molecule has 156 valence electrons. The van der Waals surface area contributed by atoms with Crippen molar-refractivity contribution in [1.82, 2.24) is 15.1 Å². The van der Waals surface area contributed by atoms with Crippen molar-refractivity contribution in [3.05, 3.63) is 95.1 Å². The number of aromatic nitrogens is 3. The second-order valence-electron chi connectivity index (χ2n) is 7.86. The Balaban J connectivity index is 1.23. The van der Waals surface area contributed by atoms with E-state index < -0.39 is 0 Å². The van der Waals surface area contributed by atoms with E-state index in [0.29, 0.717) is 24.7 Å². The van der Waals surface area contributed by atoms with Crippen LogP contribution in [-0.4, -0.2) is 15.1 Å². The lowest BCUT2D eigenvalue weighted by molar-refractivity contribution is 0.301. The molecule has 2 heterocycles. The van der Waals surface area contributed by atoms with E-state index in [0.717, 1.165) is 41.8 Å². The fraction of sp³-hybridized carbons (Fsp3) is 0.240. The van der Waals surface area contributed by atoms with Crippen molar-refractivity contribution in [1.29, 1.82) is 0 Å². The lowest BCUT2D eigenvalue weighted by Gasteiger charge is -2.22. The van der Waals surface area contributed by atoms with Gasteiger partial charge in [0.2, 0.25) is 0 Å². The van der Waals surface area contributed by atoms with Crippen LogP contribution in [0.3, 0.4) is 0 Å². The van der Waals surface area contributed by atoms with Gasteiger partial charge < -0.3 is 15.0 Å². The molecule has 1 aliphatic carbocycles. The maximum absolute atomic E-state index is 6.22. The van der Waals surface area contributed by atoms with Gasteiger partial charge in [-0.15, -0.1) is 0 Å². The van der Waals surface area contributed by atoms with Crippen molar-refractivity contribution in [2.45, 2.75) is 38.3 Å². The standard InChI is InChI=1S/C25H24N4O2/c26-23-6-3-4-18-15-19(9-12-22(18)23)25-28-24(29-31-25)14-17-7-10-21(11-8-17)30-16-20-5-1-2-13-27-20/h1-2,5,7-13,15,23H,3-4,6,14,16,26H2. The van der Waals surface area contributed by atoms with E-state index in [1.165, 1.54) is 11.1 Å². The van der Waals surface area contributed by atoms with Crippen molar-refractivity contribution in [2.75, 3.05) is 0 Å². The maximum atomic E-state index is 6.22. The molecule has 0 aliphatic heterocycles. The molecule has 2 N–H and O–H groups in total. The molecule has 1 atom stereocenters. The summed E-state index contributed by atoms with van der Waals surface area (Å²) in [7, 11) is 0. The Kier molecular flexibility index (Phi) is 5.46. The topological polar surface area (TPSA) is 87.1 Å². The number of nitrogens with two attached hydrogens (primary N) is 1. The normalized spacial score (nSPS) is 15.5. The zero-order chi connectivity index (χ0) is 21.0. The average molecular weight is 412 g/mol. The lowest BCUT2D eigenvalue weighted by Crippen LogP contribution is -2.17. The summed E-state index contributed by atoms with van der Waals surface area (Å²) >= 11 is 0. The van der Waals surface area contributed by atoms with Gasteiger partial charge in [0.1, 0.15) is 12.4 Å². The number of nitrogens with zero attached hydrogens (tertiary/aromatic N) is 3. The van der Waals surface area contributed by atoms with Gasteiger partial charge in [-0.3, -0.25) is 4.98 Å². The smallest absolute Gasteiger partial charge is 0.257 e. The van der Waals surface area contributed by atoms with Gasteiger partial charge in [0.05, 0.1) is 5.69 Å². The quantitative estimate of drug-likeness (QED) is 0.496. The fourth-order valence-corrected chi connectivity index (χ4v) is 3.95. The minimum atomic E-state index is 0.131. The molecule has 5 rings (SSSR count). The van der Waals surface area contributed by atoms with E-state index in [9.17, 15) is 0 Å². The van der Waals surface area contributed by atoms with Crippen LogP contribution in [0.5, 0.6) is 5.75 Å². The van der Waals surface area contributed by atoms with Crippen molar-refractivity contribution >= 4 is 0 Å². The van der Waals surface area contributed by atoms with Gasteiger partial charge in [0.15, 0.2) is 5.82 Å². The first-order valence-corrected chi connectivity index (χ1v) is 10.6. The molecule has 0 radical (unpaired) electrons. The minimum Gasteiger partial charge on any atom is -0.487 e. The number of benzene rings is 2. The summed E-state index contributed by atoms with van der Waals surface area (Å²) in [5.74, 6) is 2.01. The van der Waals surface area contributed by atoms with Crippen molar-refractivity contribution in [3.8, 4) is 17.2 Å². The van der Waals surface area contributed by atoms with Gasteiger partial charge in [-0.2, -0.15) is 4.98 Å². The van der Waals surface area contributed by atoms with Crippen LogP contribution >= 0.6 is 0 Å². The Bertz CT molecular complexity index is 1160. The molecule has 0 amide bonds.